The molecule has 0 aliphatic heterocycles. The van der Waals surface area contributed by atoms with Gasteiger partial charge in [0.2, 0.25) is 0 Å². The van der Waals surface area contributed by atoms with Crippen LogP contribution in [0.5, 0.6) is 0 Å². The van der Waals surface area contributed by atoms with Crippen molar-refractivity contribution >= 4 is 55.7 Å². The summed E-state index contributed by atoms with van der Waals surface area (Å²) in [6.45, 7) is 0.696. The summed E-state index contributed by atoms with van der Waals surface area (Å²) in [5.41, 5.74) is 2.95. The summed E-state index contributed by atoms with van der Waals surface area (Å²) in [5.74, 6) is 0. The molecule has 0 fully saturated rings. The molecule has 21 heavy (non-hydrogen) atoms. The van der Waals surface area contributed by atoms with Crippen molar-refractivity contribution in [2.75, 3.05) is 5.32 Å². The molecule has 0 amide bonds. The summed E-state index contributed by atoms with van der Waals surface area (Å²) >= 11 is 15.6. The second kappa shape index (κ2) is 6.22. The summed E-state index contributed by atoms with van der Waals surface area (Å²) in [6, 6.07) is 13.6. The van der Waals surface area contributed by atoms with E-state index in [0.717, 1.165) is 26.6 Å². The van der Waals surface area contributed by atoms with Crippen LogP contribution in [-0.4, -0.2) is 4.98 Å². The van der Waals surface area contributed by atoms with Crippen LogP contribution in [0.4, 0.5) is 5.69 Å². The second-order valence-electron chi connectivity index (χ2n) is 4.60. The summed E-state index contributed by atoms with van der Waals surface area (Å²) in [6.07, 6.45) is 1.74. The van der Waals surface area contributed by atoms with Gasteiger partial charge in [-0.05, 0) is 57.9 Å². The highest BCUT2D eigenvalue weighted by atomic mass is 79.9. The zero-order chi connectivity index (χ0) is 14.8. The molecular formula is C16H11BrCl2N2. The van der Waals surface area contributed by atoms with Crippen molar-refractivity contribution in [1.29, 1.82) is 0 Å². The SMILES string of the molecule is Clc1ccc(CNc2ccc(Cl)c3ncccc23)cc1Br. The van der Waals surface area contributed by atoms with E-state index >= 15 is 0 Å². The molecule has 0 spiro atoms. The van der Waals surface area contributed by atoms with Crippen molar-refractivity contribution in [1.82, 2.24) is 4.98 Å². The average Bonchev–Trinajstić information content (AvgIpc) is 2.50. The third-order valence-corrected chi connectivity index (χ3v) is 4.71. The standard InChI is InChI=1S/C16H11BrCl2N2/c17-12-8-10(3-4-13(12)18)9-21-15-6-5-14(19)16-11(15)2-1-7-20-16/h1-8,21H,9H2. The first-order valence-electron chi connectivity index (χ1n) is 6.36. The lowest BCUT2D eigenvalue weighted by atomic mass is 10.1. The number of nitrogens with one attached hydrogen (secondary N) is 1. The van der Waals surface area contributed by atoms with Gasteiger partial charge in [0.1, 0.15) is 0 Å². The van der Waals surface area contributed by atoms with Crippen molar-refractivity contribution in [2.45, 2.75) is 6.54 Å². The first-order valence-corrected chi connectivity index (χ1v) is 7.91. The molecule has 0 saturated carbocycles. The van der Waals surface area contributed by atoms with Crippen LogP contribution in [0, 0.1) is 0 Å². The summed E-state index contributed by atoms with van der Waals surface area (Å²) in [5, 5.41) is 5.79. The fourth-order valence-corrected chi connectivity index (χ4v) is 2.90. The quantitative estimate of drug-likeness (QED) is 0.609. The Labute approximate surface area is 141 Å². The van der Waals surface area contributed by atoms with Gasteiger partial charge in [-0.1, -0.05) is 29.3 Å². The lowest BCUT2D eigenvalue weighted by Crippen LogP contribution is -2.00. The topological polar surface area (TPSA) is 24.9 Å². The van der Waals surface area contributed by atoms with Gasteiger partial charge < -0.3 is 5.32 Å². The highest BCUT2D eigenvalue weighted by molar-refractivity contribution is 9.10. The van der Waals surface area contributed by atoms with Crippen molar-refractivity contribution in [3.63, 3.8) is 0 Å². The predicted octanol–water partition coefficient (Wildman–Crippen LogP) is 5.92. The minimum absolute atomic E-state index is 0.658. The largest absolute Gasteiger partial charge is 0.380 e. The molecule has 0 bridgehead atoms. The second-order valence-corrected chi connectivity index (χ2v) is 6.27. The Balaban J connectivity index is 1.88. The number of halogens is 3. The smallest absolute Gasteiger partial charge is 0.0908 e. The number of aromatic nitrogens is 1. The molecule has 1 N–H and O–H groups in total. The minimum Gasteiger partial charge on any atom is -0.380 e. The van der Waals surface area contributed by atoms with Crippen molar-refractivity contribution < 1.29 is 0 Å². The van der Waals surface area contributed by atoms with Crippen LogP contribution in [0.1, 0.15) is 5.56 Å². The molecule has 2 nitrogen and oxygen atoms in total. The number of pyridine rings is 1. The zero-order valence-electron chi connectivity index (χ0n) is 10.9. The molecule has 0 aliphatic rings. The summed E-state index contributed by atoms with van der Waals surface area (Å²) in [7, 11) is 0. The molecule has 3 rings (SSSR count). The fraction of sp³-hybridized carbons (Fsp3) is 0.0625. The van der Waals surface area contributed by atoms with Crippen LogP contribution < -0.4 is 5.32 Å². The van der Waals surface area contributed by atoms with Gasteiger partial charge in [-0.2, -0.15) is 0 Å². The number of benzene rings is 2. The maximum absolute atomic E-state index is 6.17. The Kier molecular flexibility index (Phi) is 4.34. The first kappa shape index (κ1) is 14.6. The van der Waals surface area contributed by atoms with Gasteiger partial charge in [0, 0.05) is 28.3 Å². The van der Waals surface area contributed by atoms with E-state index in [1.54, 1.807) is 6.20 Å². The maximum Gasteiger partial charge on any atom is 0.0908 e. The zero-order valence-corrected chi connectivity index (χ0v) is 14.0. The number of hydrogen-bond donors (Lipinski definition) is 1. The molecule has 106 valence electrons. The Hall–Kier alpha value is -1.29. The van der Waals surface area contributed by atoms with Crippen LogP contribution in [0.2, 0.25) is 10.0 Å². The summed E-state index contributed by atoms with van der Waals surface area (Å²) in [4.78, 5) is 4.33. The first-order chi connectivity index (χ1) is 10.1. The van der Waals surface area contributed by atoms with E-state index in [4.69, 9.17) is 23.2 Å². The summed E-state index contributed by atoms with van der Waals surface area (Å²) < 4.78 is 0.895. The van der Waals surface area contributed by atoms with E-state index in [1.807, 2.05) is 42.5 Å². The van der Waals surface area contributed by atoms with Gasteiger partial charge in [0.25, 0.3) is 0 Å². The van der Waals surface area contributed by atoms with Gasteiger partial charge in [-0.15, -0.1) is 0 Å². The lowest BCUT2D eigenvalue weighted by molar-refractivity contribution is 1.15. The van der Waals surface area contributed by atoms with Crippen LogP contribution in [0.15, 0.2) is 53.1 Å². The number of nitrogens with zero attached hydrogens (tertiary/aromatic N) is 1. The van der Waals surface area contributed by atoms with Crippen LogP contribution in [0.3, 0.4) is 0 Å². The third kappa shape index (κ3) is 3.15. The highest BCUT2D eigenvalue weighted by Crippen LogP contribution is 2.29. The van der Waals surface area contributed by atoms with Gasteiger partial charge in [-0.25, -0.2) is 0 Å². The maximum atomic E-state index is 6.17. The van der Waals surface area contributed by atoms with E-state index in [2.05, 4.69) is 26.2 Å². The molecule has 2 aromatic carbocycles. The Morgan fingerprint density at radius 2 is 1.86 bits per heavy atom. The number of anilines is 1. The van der Waals surface area contributed by atoms with E-state index < -0.39 is 0 Å². The van der Waals surface area contributed by atoms with Crippen molar-refractivity contribution in [2.24, 2.45) is 0 Å². The van der Waals surface area contributed by atoms with E-state index in [9.17, 15) is 0 Å². The predicted molar refractivity (Wildman–Crippen MR) is 93.2 cm³/mol. The van der Waals surface area contributed by atoms with Crippen LogP contribution in [0.25, 0.3) is 10.9 Å². The third-order valence-electron chi connectivity index (χ3n) is 3.19. The molecular weight excluding hydrogens is 371 g/mol. The van der Waals surface area contributed by atoms with Crippen molar-refractivity contribution in [3.05, 3.63) is 68.7 Å². The van der Waals surface area contributed by atoms with Gasteiger partial charge in [-0.3, -0.25) is 4.98 Å². The molecule has 0 aliphatic carbocycles. The van der Waals surface area contributed by atoms with Crippen LogP contribution >= 0.6 is 39.1 Å². The molecule has 1 aromatic heterocycles. The fourth-order valence-electron chi connectivity index (χ4n) is 2.14. The van der Waals surface area contributed by atoms with Gasteiger partial charge in [0.15, 0.2) is 0 Å². The molecule has 1 heterocycles. The van der Waals surface area contributed by atoms with Gasteiger partial charge in [0.05, 0.1) is 15.6 Å². The molecule has 0 radical (unpaired) electrons. The van der Waals surface area contributed by atoms with Gasteiger partial charge >= 0.3 is 0 Å². The van der Waals surface area contributed by atoms with E-state index in [0.29, 0.717) is 16.6 Å². The Morgan fingerprint density at radius 1 is 1.05 bits per heavy atom. The minimum atomic E-state index is 0.658. The molecule has 0 saturated heterocycles. The monoisotopic (exact) mass is 380 g/mol. The Morgan fingerprint density at radius 3 is 2.67 bits per heavy atom. The molecule has 5 heteroatoms. The number of hydrogen-bond acceptors (Lipinski definition) is 2. The number of fused-ring (bicyclic) bond motifs is 1. The molecule has 0 atom stereocenters. The highest BCUT2D eigenvalue weighted by Gasteiger charge is 2.06. The lowest BCUT2D eigenvalue weighted by Gasteiger charge is -2.11. The Bertz CT molecular complexity index is 805. The molecule has 0 unspecified atom stereocenters. The van der Waals surface area contributed by atoms with E-state index in [1.165, 1.54) is 0 Å². The molecule has 3 aromatic rings. The number of rotatable bonds is 3. The average molecular weight is 382 g/mol. The normalized spacial score (nSPS) is 10.8. The van der Waals surface area contributed by atoms with Crippen molar-refractivity contribution in [3.8, 4) is 0 Å². The van der Waals surface area contributed by atoms with E-state index in [-0.39, 0.29) is 0 Å². The van der Waals surface area contributed by atoms with Crippen LogP contribution in [-0.2, 0) is 6.54 Å².